The Bertz CT molecular complexity index is 354. The minimum Gasteiger partial charge on any atom is -0.327 e. The summed E-state index contributed by atoms with van der Waals surface area (Å²) in [6.07, 6.45) is 2.86. The van der Waals surface area contributed by atoms with Gasteiger partial charge in [0.1, 0.15) is 0 Å². The summed E-state index contributed by atoms with van der Waals surface area (Å²) in [7, 11) is 4.24. The minimum atomic E-state index is 0.336. The highest BCUT2D eigenvalue weighted by molar-refractivity contribution is 5.34. The molecule has 0 saturated carbocycles. The molecule has 78 valence electrons. The SMILES string of the molecule is C=CC[C@H](C#Cc1ccccc1)[NH+](C)C. The molecule has 1 aromatic rings. The molecule has 1 N–H and O–H groups in total. The molecule has 1 atom stereocenters. The second-order valence-electron chi connectivity index (χ2n) is 3.79. The molecular weight excluding hydrogens is 182 g/mol. The predicted octanol–water partition coefficient (Wildman–Crippen LogP) is 1.13. The Kier molecular flexibility index (Phi) is 4.66. The van der Waals surface area contributed by atoms with Crippen molar-refractivity contribution in [1.82, 2.24) is 0 Å². The van der Waals surface area contributed by atoms with Crippen LogP contribution in [-0.2, 0) is 0 Å². The van der Waals surface area contributed by atoms with Gasteiger partial charge in [0.05, 0.1) is 14.1 Å². The van der Waals surface area contributed by atoms with E-state index < -0.39 is 0 Å². The van der Waals surface area contributed by atoms with E-state index in [-0.39, 0.29) is 0 Å². The molecule has 0 radical (unpaired) electrons. The van der Waals surface area contributed by atoms with Crippen molar-refractivity contribution in [2.45, 2.75) is 12.5 Å². The van der Waals surface area contributed by atoms with E-state index in [2.05, 4.69) is 32.5 Å². The normalized spacial score (nSPS) is 11.7. The monoisotopic (exact) mass is 200 g/mol. The lowest BCUT2D eigenvalue weighted by atomic mass is 10.1. The van der Waals surface area contributed by atoms with Crippen molar-refractivity contribution in [2.75, 3.05) is 14.1 Å². The molecule has 0 spiro atoms. The molecule has 0 aliphatic rings. The van der Waals surface area contributed by atoms with Crippen LogP contribution in [0.15, 0.2) is 43.0 Å². The van der Waals surface area contributed by atoms with Crippen molar-refractivity contribution >= 4 is 0 Å². The van der Waals surface area contributed by atoms with Crippen molar-refractivity contribution in [3.05, 3.63) is 48.6 Å². The van der Waals surface area contributed by atoms with Gasteiger partial charge in [0.25, 0.3) is 0 Å². The third-order valence-electron chi connectivity index (χ3n) is 2.26. The van der Waals surface area contributed by atoms with E-state index in [1.54, 1.807) is 0 Å². The summed E-state index contributed by atoms with van der Waals surface area (Å²) in [5.41, 5.74) is 1.08. The highest BCUT2D eigenvalue weighted by atomic mass is 15.1. The number of benzene rings is 1. The Balaban J connectivity index is 2.73. The molecule has 0 heterocycles. The third kappa shape index (κ3) is 4.01. The van der Waals surface area contributed by atoms with Crippen LogP contribution in [0, 0.1) is 11.8 Å². The summed E-state index contributed by atoms with van der Waals surface area (Å²) in [6, 6.07) is 10.4. The second-order valence-corrected chi connectivity index (χ2v) is 3.79. The van der Waals surface area contributed by atoms with Crippen molar-refractivity contribution in [3.63, 3.8) is 0 Å². The number of hydrogen-bond donors (Lipinski definition) is 1. The Morgan fingerprint density at radius 1 is 1.33 bits per heavy atom. The Morgan fingerprint density at radius 3 is 2.53 bits per heavy atom. The van der Waals surface area contributed by atoms with Crippen LogP contribution in [0.5, 0.6) is 0 Å². The lowest BCUT2D eigenvalue weighted by Crippen LogP contribution is -3.09. The second kappa shape index (κ2) is 6.06. The Morgan fingerprint density at radius 2 is 2.00 bits per heavy atom. The van der Waals surface area contributed by atoms with Gasteiger partial charge in [-0.05, 0) is 18.1 Å². The van der Waals surface area contributed by atoms with E-state index in [0.717, 1.165) is 12.0 Å². The van der Waals surface area contributed by atoms with Gasteiger partial charge in [-0.2, -0.15) is 0 Å². The average Bonchev–Trinajstić information content (AvgIpc) is 2.25. The zero-order chi connectivity index (χ0) is 11.1. The first-order valence-corrected chi connectivity index (χ1v) is 5.21. The van der Waals surface area contributed by atoms with Crippen LogP contribution in [0.4, 0.5) is 0 Å². The van der Waals surface area contributed by atoms with E-state index in [4.69, 9.17) is 0 Å². The standard InChI is InChI=1S/C14H17N/c1-4-8-14(15(2)3)12-11-13-9-6-5-7-10-13/h4-7,9-10,14H,1,8H2,2-3H3/p+1/t14-/m1/s1. The fraction of sp³-hybridized carbons (Fsp3) is 0.286. The van der Waals surface area contributed by atoms with Crippen LogP contribution in [-0.4, -0.2) is 20.1 Å². The molecule has 0 bridgehead atoms. The predicted molar refractivity (Wildman–Crippen MR) is 64.7 cm³/mol. The van der Waals surface area contributed by atoms with Gasteiger partial charge in [-0.1, -0.05) is 30.2 Å². The fourth-order valence-corrected chi connectivity index (χ4v) is 1.30. The maximum atomic E-state index is 3.76. The minimum absolute atomic E-state index is 0.336. The first-order valence-electron chi connectivity index (χ1n) is 5.21. The van der Waals surface area contributed by atoms with E-state index in [1.165, 1.54) is 4.90 Å². The van der Waals surface area contributed by atoms with Crippen LogP contribution in [0.3, 0.4) is 0 Å². The number of rotatable bonds is 3. The summed E-state index contributed by atoms with van der Waals surface area (Å²) in [5.74, 6) is 6.47. The molecule has 0 aromatic heterocycles. The lowest BCUT2D eigenvalue weighted by Gasteiger charge is -2.13. The quantitative estimate of drug-likeness (QED) is 0.551. The molecule has 1 aromatic carbocycles. The smallest absolute Gasteiger partial charge is 0.152 e. The van der Waals surface area contributed by atoms with Gasteiger partial charge in [-0.15, -0.1) is 6.58 Å². The maximum Gasteiger partial charge on any atom is 0.152 e. The van der Waals surface area contributed by atoms with Gasteiger partial charge in [-0.25, -0.2) is 0 Å². The average molecular weight is 200 g/mol. The van der Waals surface area contributed by atoms with Crippen molar-refractivity contribution in [2.24, 2.45) is 0 Å². The topological polar surface area (TPSA) is 4.44 Å². The third-order valence-corrected chi connectivity index (χ3v) is 2.26. The van der Waals surface area contributed by atoms with E-state index in [9.17, 15) is 0 Å². The molecule has 0 aliphatic heterocycles. The highest BCUT2D eigenvalue weighted by Crippen LogP contribution is 1.95. The molecule has 0 fully saturated rings. The molecular formula is C14H18N+. The van der Waals surface area contributed by atoms with Crippen LogP contribution >= 0.6 is 0 Å². The van der Waals surface area contributed by atoms with E-state index in [0.29, 0.717) is 6.04 Å². The van der Waals surface area contributed by atoms with Crippen LogP contribution < -0.4 is 4.90 Å². The van der Waals surface area contributed by atoms with Gasteiger partial charge in [0.15, 0.2) is 6.04 Å². The first kappa shape index (κ1) is 11.6. The Hall–Kier alpha value is -1.52. The molecule has 0 aliphatic carbocycles. The molecule has 1 rings (SSSR count). The van der Waals surface area contributed by atoms with Crippen molar-refractivity contribution in [3.8, 4) is 11.8 Å². The van der Waals surface area contributed by atoms with E-state index >= 15 is 0 Å². The van der Waals surface area contributed by atoms with E-state index in [1.807, 2.05) is 36.4 Å². The summed E-state index contributed by atoms with van der Waals surface area (Å²) in [5, 5.41) is 0. The first-order chi connectivity index (χ1) is 7.24. The molecule has 1 nitrogen and oxygen atoms in total. The van der Waals surface area contributed by atoms with Crippen molar-refractivity contribution < 1.29 is 4.90 Å². The van der Waals surface area contributed by atoms with Crippen LogP contribution in [0.1, 0.15) is 12.0 Å². The number of hydrogen-bond acceptors (Lipinski definition) is 0. The summed E-state index contributed by atoms with van der Waals surface area (Å²) in [6.45, 7) is 3.76. The van der Waals surface area contributed by atoms with Gasteiger partial charge >= 0.3 is 0 Å². The van der Waals surface area contributed by atoms with Crippen LogP contribution in [0.25, 0.3) is 0 Å². The lowest BCUT2D eigenvalue weighted by molar-refractivity contribution is -0.876. The highest BCUT2D eigenvalue weighted by Gasteiger charge is 2.07. The van der Waals surface area contributed by atoms with Gasteiger partial charge in [-0.3, -0.25) is 0 Å². The fourth-order valence-electron chi connectivity index (χ4n) is 1.30. The van der Waals surface area contributed by atoms with Gasteiger partial charge < -0.3 is 4.90 Å². The molecule has 0 amide bonds. The molecule has 0 saturated heterocycles. The van der Waals surface area contributed by atoms with Gasteiger partial charge in [0.2, 0.25) is 0 Å². The largest absolute Gasteiger partial charge is 0.327 e. The summed E-state index contributed by atoms with van der Waals surface area (Å²) in [4.78, 5) is 1.35. The zero-order valence-electron chi connectivity index (χ0n) is 9.46. The van der Waals surface area contributed by atoms with Crippen molar-refractivity contribution in [1.29, 1.82) is 0 Å². The maximum absolute atomic E-state index is 3.76. The number of quaternary nitrogens is 1. The Labute approximate surface area is 92.4 Å². The molecule has 0 unspecified atom stereocenters. The van der Waals surface area contributed by atoms with Gasteiger partial charge in [0, 0.05) is 12.0 Å². The van der Waals surface area contributed by atoms with Crippen LogP contribution in [0.2, 0.25) is 0 Å². The number of nitrogens with one attached hydrogen (secondary N) is 1. The molecule has 15 heavy (non-hydrogen) atoms. The molecule has 1 heteroatoms. The summed E-state index contributed by atoms with van der Waals surface area (Å²) < 4.78 is 0. The zero-order valence-corrected chi connectivity index (χ0v) is 9.46. The summed E-state index contributed by atoms with van der Waals surface area (Å²) >= 11 is 0.